The fraction of sp³-hybridized carbons (Fsp3) is 0.0625. The van der Waals surface area contributed by atoms with Crippen LogP contribution in [0.25, 0.3) is 11.3 Å². The van der Waals surface area contributed by atoms with Gasteiger partial charge in [-0.2, -0.15) is 5.10 Å². The zero-order chi connectivity index (χ0) is 16.2. The highest BCUT2D eigenvalue weighted by atomic mass is 35.5. The first kappa shape index (κ1) is 15.9. The van der Waals surface area contributed by atoms with E-state index in [0.29, 0.717) is 10.0 Å². The van der Waals surface area contributed by atoms with Gasteiger partial charge in [0.15, 0.2) is 0 Å². The number of rotatable bonds is 3. The van der Waals surface area contributed by atoms with Gasteiger partial charge in [0.05, 0.1) is 16.9 Å². The molecule has 0 bridgehead atoms. The fourth-order valence-corrected chi connectivity index (χ4v) is 3.32. The largest absolute Gasteiger partial charge is 0.265 e. The average molecular weight is 363 g/mol. The molecule has 0 aliphatic rings. The number of halogens is 2. The third-order valence-corrected chi connectivity index (χ3v) is 4.57. The van der Waals surface area contributed by atoms with Gasteiger partial charge in [0.1, 0.15) is 0 Å². The van der Waals surface area contributed by atoms with Gasteiger partial charge in [-0.05, 0) is 35.9 Å². The van der Waals surface area contributed by atoms with Crippen LogP contribution in [0.3, 0.4) is 0 Å². The summed E-state index contributed by atoms with van der Waals surface area (Å²) in [5.74, 6) is 0. The Morgan fingerprint density at radius 3 is 2.65 bits per heavy atom. The van der Waals surface area contributed by atoms with Crippen LogP contribution in [0.15, 0.2) is 58.2 Å². The molecule has 0 spiro atoms. The Hall–Kier alpha value is -1.95. The van der Waals surface area contributed by atoms with Crippen molar-refractivity contribution in [2.75, 3.05) is 7.05 Å². The second-order valence-corrected chi connectivity index (χ2v) is 6.27. The number of thiazole rings is 1. The van der Waals surface area contributed by atoms with Crippen LogP contribution in [0, 0.1) is 0 Å². The van der Waals surface area contributed by atoms with Gasteiger partial charge < -0.3 is 0 Å². The summed E-state index contributed by atoms with van der Waals surface area (Å²) in [6.45, 7) is 0. The third kappa shape index (κ3) is 3.52. The standard InChI is InChI=1S/C16H12Cl2N4S/c1-19-16-22(21-9-11-4-6-20-7-5-11)15(10-23-16)13-3-2-12(17)8-14(13)18/h2-10H,1H3/b19-16?,21-9-. The van der Waals surface area contributed by atoms with E-state index in [2.05, 4.69) is 15.1 Å². The monoisotopic (exact) mass is 362 g/mol. The Labute approximate surface area is 147 Å². The van der Waals surface area contributed by atoms with Gasteiger partial charge >= 0.3 is 0 Å². The maximum absolute atomic E-state index is 6.32. The quantitative estimate of drug-likeness (QED) is 0.639. The van der Waals surface area contributed by atoms with Crippen LogP contribution in [0.4, 0.5) is 0 Å². The van der Waals surface area contributed by atoms with Crippen LogP contribution in [0.2, 0.25) is 10.0 Å². The summed E-state index contributed by atoms with van der Waals surface area (Å²) in [7, 11) is 1.73. The topological polar surface area (TPSA) is 42.5 Å². The number of hydrogen-bond donors (Lipinski definition) is 0. The second-order valence-electron chi connectivity index (χ2n) is 4.59. The molecule has 116 valence electrons. The lowest BCUT2D eigenvalue weighted by atomic mass is 10.2. The average Bonchev–Trinajstić information content (AvgIpc) is 2.96. The van der Waals surface area contributed by atoms with Crippen molar-refractivity contribution in [2.24, 2.45) is 10.1 Å². The van der Waals surface area contributed by atoms with Crippen molar-refractivity contribution in [3.05, 3.63) is 68.5 Å². The number of pyridine rings is 1. The van der Waals surface area contributed by atoms with Crippen LogP contribution in [-0.4, -0.2) is 22.9 Å². The minimum absolute atomic E-state index is 0.575. The molecule has 4 nitrogen and oxygen atoms in total. The summed E-state index contributed by atoms with van der Waals surface area (Å²) < 4.78 is 1.76. The predicted octanol–water partition coefficient (Wildman–Crippen LogP) is 4.33. The second kappa shape index (κ2) is 7.08. The molecule has 0 radical (unpaired) electrons. The summed E-state index contributed by atoms with van der Waals surface area (Å²) in [6, 6.07) is 9.17. The van der Waals surface area contributed by atoms with Crippen LogP contribution in [-0.2, 0) is 0 Å². The molecule has 0 amide bonds. The zero-order valence-electron chi connectivity index (χ0n) is 12.1. The zero-order valence-corrected chi connectivity index (χ0v) is 14.5. The van der Waals surface area contributed by atoms with Crippen LogP contribution >= 0.6 is 34.5 Å². The van der Waals surface area contributed by atoms with Gasteiger partial charge in [-0.25, -0.2) is 4.68 Å². The molecular weight excluding hydrogens is 351 g/mol. The van der Waals surface area contributed by atoms with Gasteiger partial charge in [-0.3, -0.25) is 9.98 Å². The highest BCUT2D eigenvalue weighted by Crippen LogP contribution is 2.30. The minimum atomic E-state index is 0.575. The van der Waals surface area contributed by atoms with Crippen LogP contribution in [0.5, 0.6) is 0 Å². The highest BCUT2D eigenvalue weighted by Gasteiger charge is 2.11. The molecule has 7 heteroatoms. The molecule has 0 aliphatic carbocycles. The Bertz CT molecular complexity index is 913. The minimum Gasteiger partial charge on any atom is -0.265 e. The predicted molar refractivity (Wildman–Crippen MR) is 96.5 cm³/mol. The maximum atomic E-state index is 6.32. The molecule has 0 fully saturated rings. The number of benzene rings is 1. The smallest absolute Gasteiger partial charge is 0.205 e. The Balaban J connectivity index is 2.10. The van der Waals surface area contributed by atoms with E-state index in [4.69, 9.17) is 23.2 Å². The van der Waals surface area contributed by atoms with Crippen LogP contribution in [0.1, 0.15) is 5.56 Å². The maximum Gasteiger partial charge on any atom is 0.205 e. The van der Waals surface area contributed by atoms with Crippen molar-refractivity contribution in [1.29, 1.82) is 0 Å². The Kier molecular flexibility index (Phi) is 4.91. The summed E-state index contributed by atoms with van der Waals surface area (Å²) in [5.41, 5.74) is 2.67. The Morgan fingerprint density at radius 1 is 1.17 bits per heavy atom. The number of aromatic nitrogens is 2. The van der Waals surface area contributed by atoms with E-state index in [1.54, 1.807) is 42.5 Å². The molecule has 3 aromatic rings. The molecule has 0 atom stereocenters. The van der Waals surface area contributed by atoms with E-state index in [0.717, 1.165) is 21.6 Å². The summed E-state index contributed by atoms with van der Waals surface area (Å²) in [4.78, 5) is 9.03. The van der Waals surface area contributed by atoms with Crippen LogP contribution < -0.4 is 4.80 Å². The van der Waals surface area contributed by atoms with E-state index in [9.17, 15) is 0 Å². The van der Waals surface area contributed by atoms with Crippen molar-refractivity contribution < 1.29 is 0 Å². The van der Waals surface area contributed by atoms with Crippen molar-refractivity contribution in [3.63, 3.8) is 0 Å². The summed E-state index contributed by atoms with van der Waals surface area (Å²) in [5, 5.41) is 7.68. The molecule has 0 aliphatic heterocycles. The van der Waals surface area contributed by atoms with Crippen molar-refractivity contribution >= 4 is 40.8 Å². The van der Waals surface area contributed by atoms with Crippen molar-refractivity contribution in [3.8, 4) is 11.3 Å². The van der Waals surface area contributed by atoms with E-state index in [-0.39, 0.29) is 0 Å². The van der Waals surface area contributed by atoms with Crippen molar-refractivity contribution in [1.82, 2.24) is 9.66 Å². The van der Waals surface area contributed by atoms with Gasteiger partial charge in [0.25, 0.3) is 0 Å². The van der Waals surface area contributed by atoms with Gasteiger partial charge in [-0.1, -0.05) is 23.2 Å². The van der Waals surface area contributed by atoms with E-state index in [1.165, 1.54) is 11.3 Å². The third-order valence-electron chi connectivity index (χ3n) is 3.11. The van der Waals surface area contributed by atoms with E-state index < -0.39 is 0 Å². The molecule has 2 aromatic heterocycles. The molecule has 0 saturated heterocycles. The number of hydrogen-bond acceptors (Lipinski definition) is 4. The lowest BCUT2D eigenvalue weighted by molar-refractivity contribution is 0.848. The first-order valence-corrected chi connectivity index (χ1v) is 8.36. The first-order chi connectivity index (χ1) is 11.2. The molecule has 3 rings (SSSR count). The van der Waals surface area contributed by atoms with Gasteiger partial charge in [-0.15, -0.1) is 11.3 Å². The number of nitrogens with zero attached hydrogens (tertiary/aromatic N) is 4. The molecule has 23 heavy (non-hydrogen) atoms. The van der Waals surface area contributed by atoms with E-state index >= 15 is 0 Å². The van der Waals surface area contributed by atoms with Crippen molar-refractivity contribution in [2.45, 2.75) is 0 Å². The molecular formula is C16H12Cl2N4S. The molecule has 0 saturated carbocycles. The molecule has 2 heterocycles. The molecule has 0 unspecified atom stereocenters. The normalized spacial score (nSPS) is 12.2. The lowest BCUT2D eigenvalue weighted by Crippen LogP contribution is -2.11. The lowest BCUT2D eigenvalue weighted by Gasteiger charge is -2.06. The SMILES string of the molecule is CN=c1scc(-c2ccc(Cl)cc2Cl)n1/N=C\c1ccncc1. The summed E-state index contributed by atoms with van der Waals surface area (Å²) >= 11 is 13.8. The highest BCUT2D eigenvalue weighted by molar-refractivity contribution is 7.07. The van der Waals surface area contributed by atoms with E-state index in [1.807, 2.05) is 23.6 Å². The first-order valence-electron chi connectivity index (χ1n) is 6.72. The van der Waals surface area contributed by atoms with Gasteiger partial charge in [0, 0.05) is 35.4 Å². The van der Waals surface area contributed by atoms with Gasteiger partial charge in [0.2, 0.25) is 4.80 Å². The fourth-order valence-electron chi connectivity index (χ4n) is 2.02. The molecule has 1 aromatic carbocycles. The summed E-state index contributed by atoms with van der Waals surface area (Å²) in [6.07, 6.45) is 5.21. The molecule has 0 N–H and O–H groups in total. The Morgan fingerprint density at radius 2 is 1.96 bits per heavy atom.